The molecule has 0 radical (unpaired) electrons. The van der Waals surface area contributed by atoms with Gasteiger partial charge in [0.25, 0.3) is 0 Å². The van der Waals surface area contributed by atoms with Gasteiger partial charge in [-0.25, -0.2) is 9.98 Å². The van der Waals surface area contributed by atoms with Crippen molar-refractivity contribution < 1.29 is 17.6 Å². The summed E-state index contributed by atoms with van der Waals surface area (Å²) in [5, 5.41) is 6.20. The molecule has 1 rings (SSSR count). The predicted molar refractivity (Wildman–Crippen MR) is 112 cm³/mol. The highest BCUT2D eigenvalue weighted by Crippen LogP contribution is 2.22. The summed E-state index contributed by atoms with van der Waals surface area (Å²) in [6.45, 7) is 9.01. The maximum Gasteiger partial charge on any atom is 0.401 e. The lowest BCUT2D eigenvalue weighted by atomic mass is 9.94. The molecule has 27 heavy (non-hydrogen) atoms. The van der Waals surface area contributed by atoms with Crippen LogP contribution in [-0.4, -0.2) is 55.2 Å². The zero-order valence-corrected chi connectivity index (χ0v) is 18.9. The Hall–Kier alpha value is -1.04. The highest BCUT2D eigenvalue weighted by Gasteiger charge is 2.28. The number of oxazole rings is 1. The van der Waals surface area contributed by atoms with Crippen LogP contribution in [0, 0.1) is 0 Å². The van der Waals surface area contributed by atoms with Crippen LogP contribution in [0.3, 0.4) is 0 Å². The third-order valence-electron chi connectivity index (χ3n) is 3.47. The molecule has 0 fully saturated rings. The van der Waals surface area contributed by atoms with Crippen molar-refractivity contribution in [2.75, 3.05) is 33.2 Å². The van der Waals surface area contributed by atoms with E-state index in [2.05, 4.69) is 20.6 Å². The number of nitrogens with zero attached hydrogens (tertiary/aromatic N) is 3. The summed E-state index contributed by atoms with van der Waals surface area (Å²) in [5.74, 6) is 1.91. The molecule has 0 spiro atoms. The lowest BCUT2D eigenvalue weighted by Gasteiger charge is -2.18. The number of aromatic nitrogens is 1. The normalized spacial score (nSPS) is 12.9. The van der Waals surface area contributed by atoms with Gasteiger partial charge in [-0.05, 0) is 26.9 Å². The largest absolute Gasteiger partial charge is 0.443 e. The highest BCUT2D eigenvalue weighted by atomic mass is 127. The number of aliphatic imine (C=N–C) groups is 1. The number of hydrogen-bond acceptors (Lipinski definition) is 4. The van der Waals surface area contributed by atoms with Gasteiger partial charge in [0, 0.05) is 18.5 Å². The van der Waals surface area contributed by atoms with Crippen LogP contribution in [0.5, 0.6) is 0 Å². The van der Waals surface area contributed by atoms with Crippen LogP contribution in [0.25, 0.3) is 0 Å². The molecule has 0 atom stereocenters. The molecule has 1 aromatic heterocycles. The van der Waals surface area contributed by atoms with E-state index in [9.17, 15) is 13.2 Å². The van der Waals surface area contributed by atoms with Crippen LogP contribution in [-0.2, 0) is 12.0 Å². The van der Waals surface area contributed by atoms with Crippen LogP contribution in [0.15, 0.2) is 15.6 Å². The predicted octanol–water partition coefficient (Wildman–Crippen LogP) is 3.53. The third-order valence-corrected chi connectivity index (χ3v) is 3.47. The van der Waals surface area contributed by atoms with Crippen LogP contribution >= 0.6 is 24.0 Å². The van der Waals surface area contributed by atoms with Gasteiger partial charge in [0.1, 0.15) is 12.3 Å². The minimum atomic E-state index is -4.17. The summed E-state index contributed by atoms with van der Waals surface area (Å²) >= 11 is 0. The lowest BCUT2D eigenvalue weighted by Crippen LogP contribution is -2.39. The topological polar surface area (TPSA) is 65.7 Å². The fourth-order valence-corrected chi connectivity index (χ4v) is 2.16. The molecule has 158 valence electrons. The molecule has 1 heterocycles. The number of rotatable bonds is 8. The summed E-state index contributed by atoms with van der Waals surface area (Å²) in [5.41, 5.74) is -0.111. The molecule has 0 aromatic carbocycles. The highest BCUT2D eigenvalue weighted by molar-refractivity contribution is 14.0. The average molecular weight is 505 g/mol. The second-order valence-electron chi connectivity index (χ2n) is 7.20. The molecule has 10 heteroatoms. The standard InChI is InChI=1S/C17H30F3N5O.HI/c1-6-21-15(22-8-7-9-25(5)12-17(18,19)20)24-11-14-23-10-13(26-14)16(2,3)4;/h10H,6-9,11-12H2,1-5H3,(H2,21,22,24);1H. The van der Waals surface area contributed by atoms with Gasteiger partial charge >= 0.3 is 6.18 Å². The van der Waals surface area contributed by atoms with Crippen LogP contribution < -0.4 is 10.6 Å². The van der Waals surface area contributed by atoms with Crippen molar-refractivity contribution in [2.45, 2.75) is 52.3 Å². The summed E-state index contributed by atoms with van der Waals surface area (Å²) in [6, 6.07) is 0. The Morgan fingerprint density at radius 3 is 2.44 bits per heavy atom. The molecular formula is C17H31F3IN5O. The molecule has 0 saturated carbocycles. The molecule has 0 bridgehead atoms. The first-order chi connectivity index (χ1) is 12.0. The molecule has 0 unspecified atom stereocenters. The van der Waals surface area contributed by atoms with Crippen LogP contribution in [0.2, 0.25) is 0 Å². The first kappa shape index (κ1) is 26.0. The zero-order chi connectivity index (χ0) is 19.8. The van der Waals surface area contributed by atoms with Gasteiger partial charge in [-0.15, -0.1) is 24.0 Å². The Labute approximate surface area is 176 Å². The lowest BCUT2D eigenvalue weighted by molar-refractivity contribution is -0.143. The van der Waals surface area contributed by atoms with E-state index in [1.165, 1.54) is 11.9 Å². The Balaban J connectivity index is 0.00000676. The smallest absolute Gasteiger partial charge is 0.401 e. The third kappa shape index (κ3) is 11.4. The van der Waals surface area contributed by atoms with Crippen molar-refractivity contribution in [1.29, 1.82) is 0 Å². The van der Waals surface area contributed by atoms with E-state index in [0.29, 0.717) is 44.5 Å². The van der Waals surface area contributed by atoms with Crippen LogP contribution in [0.4, 0.5) is 13.2 Å². The molecule has 0 saturated heterocycles. The molecule has 0 aliphatic heterocycles. The summed E-state index contributed by atoms with van der Waals surface area (Å²) in [4.78, 5) is 9.88. The number of hydrogen-bond donors (Lipinski definition) is 2. The van der Waals surface area contributed by atoms with E-state index in [0.717, 1.165) is 5.76 Å². The summed E-state index contributed by atoms with van der Waals surface area (Å²) in [6.07, 6.45) is -1.88. The SMILES string of the molecule is CCNC(=NCc1ncc(C(C)(C)C)o1)NCCCN(C)CC(F)(F)F.I. The molecule has 1 aromatic rings. The van der Waals surface area contributed by atoms with Gasteiger partial charge in [-0.1, -0.05) is 20.8 Å². The zero-order valence-electron chi connectivity index (χ0n) is 16.6. The molecule has 6 nitrogen and oxygen atoms in total. The fourth-order valence-electron chi connectivity index (χ4n) is 2.16. The van der Waals surface area contributed by atoms with Gasteiger partial charge in [0.15, 0.2) is 5.96 Å². The van der Waals surface area contributed by atoms with E-state index in [-0.39, 0.29) is 29.4 Å². The minimum Gasteiger partial charge on any atom is -0.443 e. The Morgan fingerprint density at radius 1 is 1.26 bits per heavy atom. The first-order valence-corrected chi connectivity index (χ1v) is 8.74. The fraction of sp³-hybridized carbons (Fsp3) is 0.765. The number of guanidine groups is 1. The molecule has 0 amide bonds. The molecular weight excluding hydrogens is 474 g/mol. The molecule has 2 N–H and O–H groups in total. The maximum atomic E-state index is 12.3. The number of halogens is 4. The number of alkyl halides is 3. The van der Waals surface area contributed by atoms with Crippen molar-refractivity contribution in [3.8, 4) is 0 Å². The van der Waals surface area contributed by atoms with Crippen molar-refractivity contribution >= 4 is 29.9 Å². The minimum absolute atomic E-state index is 0. The Kier molecular flexibility index (Phi) is 11.3. The quantitative estimate of drug-likeness (QED) is 0.245. The summed E-state index contributed by atoms with van der Waals surface area (Å²) < 4.78 is 42.5. The van der Waals surface area contributed by atoms with Gasteiger partial charge in [0.2, 0.25) is 5.89 Å². The Bertz CT molecular complexity index is 570. The van der Waals surface area contributed by atoms with Gasteiger partial charge < -0.3 is 15.1 Å². The number of nitrogens with one attached hydrogen (secondary N) is 2. The van der Waals surface area contributed by atoms with E-state index >= 15 is 0 Å². The first-order valence-electron chi connectivity index (χ1n) is 8.74. The van der Waals surface area contributed by atoms with E-state index in [1.54, 1.807) is 6.20 Å². The van der Waals surface area contributed by atoms with Crippen molar-refractivity contribution in [1.82, 2.24) is 20.5 Å². The monoisotopic (exact) mass is 505 g/mol. The van der Waals surface area contributed by atoms with Crippen LogP contribution in [0.1, 0.15) is 45.8 Å². The van der Waals surface area contributed by atoms with Gasteiger partial charge in [-0.2, -0.15) is 13.2 Å². The van der Waals surface area contributed by atoms with Crippen molar-refractivity contribution in [3.63, 3.8) is 0 Å². The van der Waals surface area contributed by atoms with E-state index in [1.807, 2.05) is 27.7 Å². The Morgan fingerprint density at radius 2 is 1.93 bits per heavy atom. The summed E-state index contributed by atoms with van der Waals surface area (Å²) in [7, 11) is 1.46. The maximum absolute atomic E-state index is 12.3. The average Bonchev–Trinajstić information content (AvgIpc) is 2.96. The molecule has 0 aliphatic rings. The van der Waals surface area contributed by atoms with Crippen molar-refractivity contribution in [2.24, 2.45) is 4.99 Å². The second kappa shape index (κ2) is 11.7. The second-order valence-corrected chi connectivity index (χ2v) is 7.20. The van der Waals surface area contributed by atoms with E-state index < -0.39 is 12.7 Å². The molecule has 0 aliphatic carbocycles. The van der Waals surface area contributed by atoms with Gasteiger partial charge in [0.05, 0.1) is 12.7 Å². The van der Waals surface area contributed by atoms with Gasteiger partial charge in [-0.3, -0.25) is 4.90 Å². The van der Waals surface area contributed by atoms with E-state index in [4.69, 9.17) is 4.42 Å². The van der Waals surface area contributed by atoms with Crippen molar-refractivity contribution in [3.05, 3.63) is 17.8 Å².